The highest BCUT2D eigenvalue weighted by molar-refractivity contribution is 6.07. The van der Waals surface area contributed by atoms with Gasteiger partial charge in [0.1, 0.15) is 30.1 Å². The number of ether oxygens (including phenoxy) is 3. The van der Waals surface area contributed by atoms with Crippen molar-refractivity contribution in [1.82, 2.24) is 9.78 Å². The molecule has 0 saturated carbocycles. The highest BCUT2D eigenvalue weighted by atomic mass is 16.6. The van der Waals surface area contributed by atoms with Gasteiger partial charge in [-0.25, -0.2) is 0 Å². The first kappa shape index (κ1) is 21.6. The summed E-state index contributed by atoms with van der Waals surface area (Å²) in [4.78, 5) is 22.9. The molecule has 0 aliphatic rings. The number of ketones is 1. The number of allylic oxidation sites excluding steroid dienone is 1. The summed E-state index contributed by atoms with van der Waals surface area (Å²) >= 11 is 0. The van der Waals surface area contributed by atoms with E-state index >= 15 is 0 Å². The molecule has 9 heteroatoms. The largest absolute Gasteiger partial charge is 0.497 e. The van der Waals surface area contributed by atoms with Gasteiger partial charge in [-0.15, -0.1) is 0 Å². The molecule has 3 aromatic rings. The molecule has 0 atom stereocenters. The maximum Gasteiger partial charge on any atom is 0.318 e. The number of hydrogen-bond acceptors (Lipinski definition) is 7. The molecule has 1 heterocycles. The van der Waals surface area contributed by atoms with Gasteiger partial charge in [-0.3, -0.25) is 19.6 Å². The van der Waals surface area contributed by atoms with Gasteiger partial charge in [0.15, 0.2) is 0 Å². The zero-order valence-corrected chi connectivity index (χ0v) is 17.3. The van der Waals surface area contributed by atoms with Gasteiger partial charge in [-0.05, 0) is 48.0 Å². The molecule has 1 aromatic heterocycles. The van der Waals surface area contributed by atoms with E-state index in [2.05, 4.69) is 5.10 Å². The molecule has 0 aliphatic carbocycles. The molecule has 0 fully saturated rings. The molecule has 0 unspecified atom stereocenters. The highest BCUT2D eigenvalue weighted by Gasteiger charge is 2.23. The summed E-state index contributed by atoms with van der Waals surface area (Å²) in [6.07, 6.45) is 4.02. The van der Waals surface area contributed by atoms with E-state index < -0.39 is 10.7 Å². The van der Waals surface area contributed by atoms with Crippen LogP contribution < -0.4 is 14.2 Å². The maximum atomic E-state index is 12.4. The number of carbonyl (C=O) groups is 1. The SMILES string of the molecule is COc1ccc(OCc2cc(/C=C/C(=O)c3nn(C)cc3[N+](=O)[O-])ccc2OC)cc1. The van der Waals surface area contributed by atoms with Gasteiger partial charge in [-0.1, -0.05) is 12.1 Å². The lowest BCUT2D eigenvalue weighted by molar-refractivity contribution is -0.385. The van der Waals surface area contributed by atoms with E-state index in [0.29, 0.717) is 17.1 Å². The van der Waals surface area contributed by atoms with Crippen molar-refractivity contribution in [3.63, 3.8) is 0 Å². The minimum Gasteiger partial charge on any atom is -0.497 e. The van der Waals surface area contributed by atoms with Gasteiger partial charge in [-0.2, -0.15) is 5.10 Å². The predicted octanol–water partition coefficient (Wildman–Crippen LogP) is 3.82. The zero-order chi connectivity index (χ0) is 22.4. The second-order valence-corrected chi connectivity index (χ2v) is 6.53. The smallest absolute Gasteiger partial charge is 0.318 e. The van der Waals surface area contributed by atoms with E-state index in [1.165, 1.54) is 24.0 Å². The summed E-state index contributed by atoms with van der Waals surface area (Å²) in [6, 6.07) is 12.6. The third-order valence-electron chi connectivity index (χ3n) is 4.42. The number of aryl methyl sites for hydroxylation is 1. The normalized spacial score (nSPS) is 10.8. The summed E-state index contributed by atoms with van der Waals surface area (Å²) < 4.78 is 17.6. The topological polar surface area (TPSA) is 106 Å². The molecular weight excluding hydrogens is 402 g/mol. The Kier molecular flexibility index (Phi) is 6.66. The number of carbonyl (C=O) groups excluding carboxylic acids is 1. The van der Waals surface area contributed by atoms with E-state index in [4.69, 9.17) is 14.2 Å². The Labute approximate surface area is 178 Å². The fourth-order valence-electron chi connectivity index (χ4n) is 2.88. The van der Waals surface area contributed by atoms with Crippen LogP contribution in [0.5, 0.6) is 17.2 Å². The Hall–Kier alpha value is -4.14. The van der Waals surface area contributed by atoms with Crippen LogP contribution in [0, 0.1) is 10.1 Å². The van der Waals surface area contributed by atoms with Crippen LogP contribution in [0.25, 0.3) is 6.08 Å². The number of methoxy groups -OCH3 is 2. The average Bonchev–Trinajstić information content (AvgIpc) is 3.18. The van der Waals surface area contributed by atoms with E-state index in [-0.39, 0.29) is 18.0 Å². The van der Waals surface area contributed by atoms with Crippen LogP contribution in [-0.4, -0.2) is 34.7 Å². The molecule has 0 spiro atoms. The number of nitro groups is 1. The van der Waals surface area contributed by atoms with E-state index in [9.17, 15) is 14.9 Å². The lowest BCUT2D eigenvalue weighted by Gasteiger charge is -2.11. The molecule has 3 rings (SSSR count). The fraction of sp³-hybridized carbons (Fsp3) is 0.182. The van der Waals surface area contributed by atoms with Crippen molar-refractivity contribution >= 4 is 17.5 Å². The van der Waals surface area contributed by atoms with Gasteiger partial charge in [0.25, 0.3) is 0 Å². The van der Waals surface area contributed by atoms with Crippen molar-refractivity contribution in [1.29, 1.82) is 0 Å². The highest BCUT2D eigenvalue weighted by Crippen LogP contribution is 2.24. The Morgan fingerprint density at radius 2 is 1.84 bits per heavy atom. The lowest BCUT2D eigenvalue weighted by atomic mass is 10.1. The average molecular weight is 423 g/mol. The van der Waals surface area contributed by atoms with E-state index in [1.54, 1.807) is 56.7 Å². The Morgan fingerprint density at radius 3 is 2.48 bits per heavy atom. The first-order chi connectivity index (χ1) is 14.9. The van der Waals surface area contributed by atoms with Crippen LogP contribution in [0.4, 0.5) is 5.69 Å². The van der Waals surface area contributed by atoms with Crippen molar-refractivity contribution in [3.05, 3.63) is 81.7 Å². The first-order valence-corrected chi connectivity index (χ1v) is 9.25. The second-order valence-electron chi connectivity index (χ2n) is 6.53. The second kappa shape index (κ2) is 9.57. The van der Waals surface area contributed by atoms with Crippen molar-refractivity contribution in [2.24, 2.45) is 7.05 Å². The molecule has 0 radical (unpaired) electrons. The zero-order valence-electron chi connectivity index (χ0n) is 17.3. The molecule has 0 bridgehead atoms. The third kappa shape index (κ3) is 5.27. The van der Waals surface area contributed by atoms with Crippen molar-refractivity contribution < 1.29 is 23.9 Å². The molecule has 0 amide bonds. The summed E-state index contributed by atoms with van der Waals surface area (Å²) in [5.74, 6) is 1.48. The van der Waals surface area contributed by atoms with Crippen LogP contribution in [0.15, 0.2) is 54.7 Å². The molecule has 2 aromatic carbocycles. The van der Waals surface area contributed by atoms with Crippen molar-refractivity contribution in [2.75, 3.05) is 14.2 Å². The van der Waals surface area contributed by atoms with Gasteiger partial charge >= 0.3 is 5.69 Å². The van der Waals surface area contributed by atoms with Gasteiger partial charge in [0, 0.05) is 12.6 Å². The predicted molar refractivity (Wildman–Crippen MR) is 114 cm³/mol. The Bertz CT molecular complexity index is 1120. The number of hydrogen-bond donors (Lipinski definition) is 0. The Balaban J connectivity index is 1.76. The number of rotatable bonds is 9. The number of aromatic nitrogens is 2. The van der Waals surface area contributed by atoms with Crippen LogP contribution >= 0.6 is 0 Å². The fourth-order valence-corrected chi connectivity index (χ4v) is 2.88. The summed E-state index contributed by atoms with van der Waals surface area (Å²) in [7, 11) is 4.67. The number of benzene rings is 2. The lowest BCUT2D eigenvalue weighted by Crippen LogP contribution is -2.01. The molecular formula is C22H21N3O6. The van der Waals surface area contributed by atoms with E-state index in [1.807, 2.05) is 6.07 Å². The first-order valence-electron chi connectivity index (χ1n) is 9.25. The standard InChI is InChI=1S/C22H21N3O6/c1-24-13-19(25(27)28)22(23-24)20(26)10-4-15-5-11-21(30-3)16(12-15)14-31-18-8-6-17(29-2)7-9-18/h4-13H,14H2,1-3H3/b10-4+. The van der Waals surface area contributed by atoms with Gasteiger partial charge < -0.3 is 14.2 Å². The monoisotopic (exact) mass is 423 g/mol. The quantitative estimate of drug-likeness (QED) is 0.223. The minimum absolute atomic E-state index is 0.208. The molecule has 0 aliphatic heterocycles. The maximum absolute atomic E-state index is 12.4. The molecule has 9 nitrogen and oxygen atoms in total. The van der Waals surface area contributed by atoms with Gasteiger partial charge in [0.2, 0.25) is 11.5 Å². The Morgan fingerprint density at radius 1 is 1.13 bits per heavy atom. The molecule has 31 heavy (non-hydrogen) atoms. The summed E-state index contributed by atoms with van der Waals surface area (Å²) in [5, 5.41) is 15.0. The summed E-state index contributed by atoms with van der Waals surface area (Å²) in [6.45, 7) is 0.247. The van der Waals surface area contributed by atoms with E-state index in [0.717, 1.165) is 11.3 Å². The summed E-state index contributed by atoms with van der Waals surface area (Å²) in [5.41, 5.74) is 0.943. The molecule has 160 valence electrons. The van der Waals surface area contributed by atoms with Crippen LogP contribution in [-0.2, 0) is 13.7 Å². The van der Waals surface area contributed by atoms with Gasteiger partial charge in [0.05, 0.1) is 19.1 Å². The third-order valence-corrected chi connectivity index (χ3v) is 4.42. The van der Waals surface area contributed by atoms with Crippen molar-refractivity contribution in [3.8, 4) is 17.2 Å². The van der Waals surface area contributed by atoms with Crippen LogP contribution in [0.1, 0.15) is 21.6 Å². The van der Waals surface area contributed by atoms with Crippen LogP contribution in [0.3, 0.4) is 0 Å². The minimum atomic E-state index is -0.629. The molecule has 0 saturated heterocycles. The number of nitrogens with zero attached hydrogens (tertiary/aromatic N) is 3. The van der Waals surface area contributed by atoms with Crippen LogP contribution in [0.2, 0.25) is 0 Å². The van der Waals surface area contributed by atoms with Crippen molar-refractivity contribution in [2.45, 2.75) is 6.61 Å². The molecule has 0 N–H and O–H groups in total.